The standard InChI is InChI=1S/C10H21BN2/c1-5-12-8(2)6-7-9(3)13-10(4)11/h8-9,12-13H,4-7H2,1-3H3. The van der Waals surface area contributed by atoms with Crippen molar-refractivity contribution in [3.05, 3.63) is 12.2 Å². The summed E-state index contributed by atoms with van der Waals surface area (Å²) in [5, 5.41) is 6.47. The van der Waals surface area contributed by atoms with Crippen molar-refractivity contribution in [3.8, 4) is 0 Å². The Kier molecular flexibility index (Phi) is 6.78. The molecule has 0 aromatic heterocycles. The molecule has 0 aromatic rings. The van der Waals surface area contributed by atoms with Gasteiger partial charge in [-0.15, -0.1) is 0 Å². The van der Waals surface area contributed by atoms with Gasteiger partial charge in [-0.05, 0) is 38.8 Å². The second-order valence-electron chi connectivity index (χ2n) is 3.61. The molecule has 0 aromatic carbocycles. The summed E-state index contributed by atoms with van der Waals surface area (Å²) in [6.07, 6.45) is 2.28. The molecule has 2 nitrogen and oxygen atoms in total. The summed E-state index contributed by atoms with van der Waals surface area (Å²) in [6, 6.07) is 0.999. The first-order valence-corrected chi connectivity index (χ1v) is 5.00. The average molecular weight is 180 g/mol. The average Bonchev–Trinajstić information content (AvgIpc) is 2.00. The predicted molar refractivity (Wildman–Crippen MR) is 59.9 cm³/mol. The van der Waals surface area contributed by atoms with Crippen LogP contribution < -0.4 is 10.6 Å². The molecule has 0 spiro atoms. The Balaban J connectivity index is 3.45. The zero-order valence-corrected chi connectivity index (χ0v) is 9.06. The van der Waals surface area contributed by atoms with E-state index in [1.165, 1.54) is 0 Å². The third-order valence-corrected chi connectivity index (χ3v) is 2.02. The SMILES string of the molecule is [B]C(=C)NC(C)CCC(C)NCC. The minimum atomic E-state index is 0.415. The van der Waals surface area contributed by atoms with Gasteiger partial charge in [0.25, 0.3) is 0 Å². The van der Waals surface area contributed by atoms with Gasteiger partial charge >= 0.3 is 0 Å². The molecule has 13 heavy (non-hydrogen) atoms. The van der Waals surface area contributed by atoms with Crippen molar-refractivity contribution in [2.45, 2.75) is 45.7 Å². The molecule has 2 radical (unpaired) electrons. The van der Waals surface area contributed by atoms with Crippen LogP contribution in [0.1, 0.15) is 33.6 Å². The first-order valence-electron chi connectivity index (χ1n) is 5.00. The van der Waals surface area contributed by atoms with E-state index < -0.39 is 0 Å². The Morgan fingerprint density at radius 2 is 1.85 bits per heavy atom. The predicted octanol–water partition coefficient (Wildman–Crippen LogP) is 1.38. The molecule has 0 amide bonds. The van der Waals surface area contributed by atoms with Gasteiger partial charge in [0.1, 0.15) is 7.85 Å². The summed E-state index contributed by atoms with van der Waals surface area (Å²) in [5.74, 6) is 0. The highest BCUT2D eigenvalue weighted by molar-refractivity contribution is 6.20. The minimum absolute atomic E-state index is 0.415. The van der Waals surface area contributed by atoms with Crippen LogP contribution in [-0.4, -0.2) is 26.5 Å². The lowest BCUT2D eigenvalue weighted by Crippen LogP contribution is -2.30. The topological polar surface area (TPSA) is 24.1 Å². The van der Waals surface area contributed by atoms with E-state index in [2.05, 4.69) is 38.0 Å². The molecule has 2 N–H and O–H groups in total. The van der Waals surface area contributed by atoms with Crippen LogP contribution in [-0.2, 0) is 0 Å². The van der Waals surface area contributed by atoms with Gasteiger partial charge < -0.3 is 10.6 Å². The molecule has 74 valence electrons. The van der Waals surface area contributed by atoms with E-state index in [1.807, 2.05) is 0 Å². The summed E-state index contributed by atoms with van der Waals surface area (Å²) in [4.78, 5) is 0. The zero-order chi connectivity index (χ0) is 10.3. The minimum Gasteiger partial charge on any atom is -0.395 e. The molecule has 2 atom stereocenters. The lowest BCUT2D eigenvalue weighted by atomic mass is 10.0. The number of nitrogens with one attached hydrogen (secondary N) is 2. The van der Waals surface area contributed by atoms with Crippen LogP contribution in [0.5, 0.6) is 0 Å². The van der Waals surface area contributed by atoms with E-state index in [0.717, 1.165) is 19.4 Å². The fraction of sp³-hybridized carbons (Fsp3) is 0.800. The summed E-state index contributed by atoms with van der Waals surface area (Å²) >= 11 is 0. The normalized spacial score (nSPS) is 15.0. The number of hydrogen-bond acceptors (Lipinski definition) is 2. The smallest absolute Gasteiger partial charge is 0.137 e. The summed E-state index contributed by atoms with van der Waals surface area (Å²) in [5.41, 5.74) is 0.559. The Morgan fingerprint density at radius 1 is 1.31 bits per heavy atom. The van der Waals surface area contributed by atoms with Crippen molar-refractivity contribution < 1.29 is 0 Å². The van der Waals surface area contributed by atoms with Gasteiger partial charge in [-0.1, -0.05) is 13.5 Å². The van der Waals surface area contributed by atoms with Crippen LogP contribution >= 0.6 is 0 Å². The van der Waals surface area contributed by atoms with Crippen molar-refractivity contribution in [2.75, 3.05) is 6.54 Å². The molecule has 0 fully saturated rings. The maximum atomic E-state index is 5.44. The largest absolute Gasteiger partial charge is 0.395 e. The number of hydrogen-bond donors (Lipinski definition) is 2. The van der Waals surface area contributed by atoms with Crippen LogP contribution in [0.2, 0.25) is 0 Å². The second kappa shape index (κ2) is 7.02. The Bertz CT molecular complexity index is 148. The lowest BCUT2D eigenvalue weighted by molar-refractivity contribution is 0.465. The van der Waals surface area contributed by atoms with Gasteiger partial charge in [-0.3, -0.25) is 0 Å². The highest BCUT2D eigenvalue weighted by Gasteiger charge is 2.04. The van der Waals surface area contributed by atoms with Crippen LogP contribution in [0.4, 0.5) is 0 Å². The molecule has 0 rings (SSSR count). The summed E-state index contributed by atoms with van der Waals surface area (Å²) in [7, 11) is 5.44. The molecular formula is C10H21BN2. The van der Waals surface area contributed by atoms with Gasteiger partial charge in [0, 0.05) is 12.1 Å². The van der Waals surface area contributed by atoms with Crippen molar-refractivity contribution in [1.82, 2.24) is 10.6 Å². The Morgan fingerprint density at radius 3 is 2.31 bits per heavy atom. The van der Waals surface area contributed by atoms with E-state index in [0.29, 0.717) is 17.7 Å². The van der Waals surface area contributed by atoms with E-state index >= 15 is 0 Å². The lowest BCUT2D eigenvalue weighted by Gasteiger charge is -2.18. The zero-order valence-electron chi connectivity index (χ0n) is 9.06. The summed E-state index contributed by atoms with van der Waals surface area (Å²) < 4.78 is 0. The number of rotatable bonds is 7. The molecule has 0 aliphatic rings. The maximum absolute atomic E-state index is 5.44. The molecule has 0 aliphatic heterocycles. The molecule has 3 heteroatoms. The Hall–Kier alpha value is -0.435. The van der Waals surface area contributed by atoms with Gasteiger partial charge in [0.05, 0.1) is 0 Å². The highest BCUT2D eigenvalue weighted by atomic mass is 14.9. The van der Waals surface area contributed by atoms with Crippen molar-refractivity contribution in [1.29, 1.82) is 0 Å². The van der Waals surface area contributed by atoms with E-state index in [4.69, 9.17) is 7.85 Å². The molecule has 0 bridgehead atoms. The van der Waals surface area contributed by atoms with Crippen molar-refractivity contribution in [3.63, 3.8) is 0 Å². The van der Waals surface area contributed by atoms with Crippen LogP contribution in [0.3, 0.4) is 0 Å². The molecular weight excluding hydrogens is 159 g/mol. The van der Waals surface area contributed by atoms with Crippen molar-refractivity contribution in [2.24, 2.45) is 0 Å². The fourth-order valence-corrected chi connectivity index (χ4v) is 1.34. The molecule has 0 heterocycles. The monoisotopic (exact) mass is 180 g/mol. The maximum Gasteiger partial charge on any atom is 0.137 e. The fourth-order valence-electron chi connectivity index (χ4n) is 1.34. The van der Waals surface area contributed by atoms with E-state index in [-0.39, 0.29) is 0 Å². The Labute approximate surface area is 83.6 Å². The quantitative estimate of drug-likeness (QED) is 0.578. The van der Waals surface area contributed by atoms with Crippen LogP contribution in [0, 0.1) is 0 Å². The second-order valence-corrected chi connectivity index (χ2v) is 3.61. The van der Waals surface area contributed by atoms with Crippen LogP contribution in [0.15, 0.2) is 12.2 Å². The van der Waals surface area contributed by atoms with E-state index in [9.17, 15) is 0 Å². The van der Waals surface area contributed by atoms with Gasteiger partial charge in [0.15, 0.2) is 0 Å². The summed E-state index contributed by atoms with van der Waals surface area (Å²) in [6.45, 7) is 11.1. The third-order valence-electron chi connectivity index (χ3n) is 2.02. The van der Waals surface area contributed by atoms with Crippen molar-refractivity contribution >= 4 is 7.85 Å². The molecule has 0 saturated carbocycles. The molecule has 0 aliphatic carbocycles. The first kappa shape index (κ1) is 12.6. The molecule has 2 unspecified atom stereocenters. The third kappa shape index (κ3) is 7.91. The van der Waals surface area contributed by atoms with E-state index in [1.54, 1.807) is 0 Å². The first-order chi connectivity index (χ1) is 6.06. The van der Waals surface area contributed by atoms with Crippen LogP contribution in [0.25, 0.3) is 0 Å². The van der Waals surface area contributed by atoms with Gasteiger partial charge in [0.2, 0.25) is 0 Å². The molecule has 0 saturated heterocycles. The highest BCUT2D eigenvalue weighted by Crippen LogP contribution is 2.01. The van der Waals surface area contributed by atoms with Gasteiger partial charge in [-0.25, -0.2) is 0 Å². The van der Waals surface area contributed by atoms with Gasteiger partial charge in [-0.2, -0.15) is 0 Å².